The summed E-state index contributed by atoms with van der Waals surface area (Å²) in [6.45, 7) is 0. The normalized spacial score (nSPS) is 10.2. The molecule has 6 nitrogen and oxygen atoms in total. The molecule has 0 unspecified atom stereocenters. The molecule has 1 amide bonds. The van der Waals surface area contributed by atoms with Gasteiger partial charge in [0.15, 0.2) is 4.67 Å². The van der Waals surface area contributed by atoms with Gasteiger partial charge in [0, 0.05) is 6.07 Å². The van der Waals surface area contributed by atoms with Gasteiger partial charge in [0.05, 0.1) is 28.5 Å². The second kappa shape index (κ2) is 5.19. The maximum absolute atomic E-state index is 13.2. The van der Waals surface area contributed by atoms with Crippen molar-refractivity contribution >= 4 is 33.2 Å². The van der Waals surface area contributed by atoms with Crippen molar-refractivity contribution in [3.8, 4) is 0 Å². The van der Waals surface area contributed by atoms with Gasteiger partial charge in [-0.2, -0.15) is 0 Å². The van der Waals surface area contributed by atoms with Crippen molar-refractivity contribution in [2.75, 3.05) is 5.32 Å². The van der Waals surface area contributed by atoms with Gasteiger partial charge in [0.2, 0.25) is 0 Å². The number of nitrogens with zero attached hydrogens (tertiary/aromatic N) is 1. The Morgan fingerprint density at radius 1 is 1.42 bits per heavy atom. The summed E-state index contributed by atoms with van der Waals surface area (Å²) in [6, 6.07) is 4.23. The lowest BCUT2D eigenvalue weighted by Crippen LogP contribution is -2.11. The van der Waals surface area contributed by atoms with E-state index in [-0.39, 0.29) is 15.9 Å². The van der Waals surface area contributed by atoms with Gasteiger partial charge in [-0.25, -0.2) is 4.39 Å². The largest absolute Gasteiger partial charge is 0.457 e. The van der Waals surface area contributed by atoms with Crippen molar-refractivity contribution in [2.45, 2.75) is 0 Å². The topological polar surface area (TPSA) is 85.4 Å². The minimum Gasteiger partial charge on any atom is -0.457 e. The molecule has 1 aromatic carbocycles. The SMILES string of the molecule is O=C(Nc1cc(F)cc([N+](=O)[O-])c1)c1ccoc1Br. The van der Waals surface area contributed by atoms with Crippen LogP contribution in [-0.2, 0) is 0 Å². The summed E-state index contributed by atoms with van der Waals surface area (Å²) in [5, 5.41) is 12.9. The van der Waals surface area contributed by atoms with Gasteiger partial charge < -0.3 is 9.73 Å². The van der Waals surface area contributed by atoms with Crippen molar-refractivity contribution in [1.29, 1.82) is 0 Å². The highest BCUT2D eigenvalue weighted by molar-refractivity contribution is 9.10. The van der Waals surface area contributed by atoms with E-state index in [9.17, 15) is 19.3 Å². The van der Waals surface area contributed by atoms with Crippen LogP contribution in [0.2, 0.25) is 0 Å². The molecule has 1 heterocycles. The molecular formula is C11H6BrFN2O4. The second-order valence-corrected chi connectivity index (χ2v) is 4.24. The highest BCUT2D eigenvalue weighted by atomic mass is 79.9. The third-order valence-corrected chi connectivity index (χ3v) is 2.83. The lowest BCUT2D eigenvalue weighted by atomic mass is 10.2. The van der Waals surface area contributed by atoms with Gasteiger partial charge >= 0.3 is 0 Å². The van der Waals surface area contributed by atoms with E-state index in [1.165, 1.54) is 12.3 Å². The number of nitrogens with one attached hydrogen (secondary N) is 1. The van der Waals surface area contributed by atoms with Crippen molar-refractivity contribution in [1.82, 2.24) is 0 Å². The van der Waals surface area contributed by atoms with Crippen LogP contribution in [0.15, 0.2) is 39.6 Å². The van der Waals surface area contributed by atoms with Crippen LogP contribution in [0, 0.1) is 15.9 Å². The maximum atomic E-state index is 13.2. The number of hydrogen-bond acceptors (Lipinski definition) is 4. The predicted octanol–water partition coefficient (Wildman–Crippen LogP) is 3.34. The molecule has 19 heavy (non-hydrogen) atoms. The minimum absolute atomic E-state index is 0.00944. The maximum Gasteiger partial charge on any atom is 0.274 e. The minimum atomic E-state index is -0.809. The van der Waals surface area contributed by atoms with E-state index >= 15 is 0 Å². The van der Waals surface area contributed by atoms with E-state index < -0.39 is 22.3 Å². The zero-order valence-corrected chi connectivity index (χ0v) is 10.8. The third kappa shape index (κ3) is 2.97. The molecule has 2 rings (SSSR count). The van der Waals surface area contributed by atoms with Gasteiger partial charge in [0.25, 0.3) is 11.6 Å². The monoisotopic (exact) mass is 328 g/mol. The Balaban J connectivity index is 2.26. The lowest BCUT2D eigenvalue weighted by molar-refractivity contribution is -0.385. The molecule has 0 saturated heterocycles. The van der Waals surface area contributed by atoms with Gasteiger partial charge in [-0.15, -0.1) is 0 Å². The van der Waals surface area contributed by atoms with Crippen molar-refractivity contribution < 1.29 is 18.5 Å². The molecule has 0 atom stereocenters. The molecule has 0 fully saturated rings. The Morgan fingerprint density at radius 2 is 2.16 bits per heavy atom. The smallest absolute Gasteiger partial charge is 0.274 e. The molecule has 1 N–H and O–H groups in total. The molecular weight excluding hydrogens is 323 g/mol. The summed E-state index contributed by atoms with van der Waals surface area (Å²) in [5.41, 5.74) is -0.252. The summed E-state index contributed by atoms with van der Waals surface area (Å²) in [6.07, 6.45) is 1.30. The third-order valence-electron chi connectivity index (χ3n) is 2.21. The molecule has 98 valence electrons. The molecule has 0 spiro atoms. The second-order valence-electron chi connectivity index (χ2n) is 3.52. The van der Waals surface area contributed by atoms with E-state index in [2.05, 4.69) is 21.2 Å². The summed E-state index contributed by atoms with van der Waals surface area (Å²) >= 11 is 3.02. The fourth-order valence-corrected chi connectivity index (χ4v) is 1.83. The molecule has 8 heteroatoms. The number of anilines is 1. The highest BCUT2D eigenvalue weighted by Gasteiger charge is 2.15. The quantitative estimate of drug-likeness (QED) is 0.691. The number of carbonyl (C=O) groups excluding carboxylic acids is 1. The number of halogens is 2. The summed E-state index contributed by atoms with van der Waals surface area (Å²) in [4.78, 5) is 21.6. The molecule has 0 aliphatic heterocycles. The van der Waals surface area contributed by atoms with E-state index in [0.717, 1.165) is 18.2 Å². The van der Waals surface area contributed by atoms with Crippen molar-refractivity contribution in [3.05, 3.63) is 56.7 Å². The van der Waals surface area contributed by atoms with Gasteiger partial charge in [0.1, 0.15) is 5.82 Å². The molecule has 0 saturated carbocycles. The number of amides is 1. The Labute approximate surface area is 114 Å². The van der Waals surface area contributed by atoms with E-state index in [4.69, 9.17) is 4.42 Å². The fourth-order valence-electron chi connectivity index (χ4n) is 1.41. The first-order chi connectivity index (χ1) is 8.97. The van der Waals surface area contributed by atoms with E-state index in [1.54, 1.807) is 0 Å². The summed E-state index contributed by atoms with van der Waals surface area (Å²) in [7, 11) is 0. The highest BCUT2D eigenvalue weighted by Crippen LogP contribution is 2.22. The van der Waals surface area contributed by atoms with Crippen LogP contribution in [0.4, 0.5) is 15.8 Å². The standard InChI is InChI=1S/C11H6BrFN2O4/c12-10-9(1-2-19-10)11(16)14-7-3-6(13)4-8(5-7)15(17)18/h1-5H,(H,14,16). The Kier molecular flexibility index (Phi) is 3.61. The Morgan fingerprint density at radius 3 is 2.74 bits per heavy atom. The number of hydrogen-bond donors (Lipinski definition) is 1. The van der Waals surface area contributed by atoms with Crippen molar-refractivity contribution in [3.63, 3.8) is 0 Å². The van der Waals surface area contributed by atoms with Crippen LogP contribution in [0.25, 0.3) is 0 Å². The molecule has 0 bridgehead atoms. The average molecular weight is 329 g/mol. The number of benzene rings is 1. The van der Waals surface area contributed by atoms with Gasteiger partial charge in [-0.1, -0.05) is 0 Å². The summed E-state index contributed by atoms with van der Waals surface area (Å²) in [5.74, 6) is -1.38. The first-order valence-corrected chi connectivity index (χ1v) is 5.76. The van der Waals surface area contributed by atoms with Gasteiger partial charge in [-0.3, -0.25) is 14.9 Å². The van der Waals surface area contributed by atoms with Crippen LogP contribution in [0.3, 0.4) is 0 Å². The van der Waals surface area contributed by atoms with Crippen LogP contribution in [0.5, 0.6) is 0 Å². The number of carbonyl (C=O) groups is 1. The van der Waals surface area contributed by atoms with Crippen LogP contribution in [-0.4, -0.2) is 10.8 Å². The lowest BCUT2D eigenvalue weighted by Gasteiger charge is -2.04. The van der Waals surface area contributed by atoms with Gasteiger partial charge in [-0.05, 0) is 28.1 Å². The number of rotatable bonds is 3. The number of nitro benzene ring substituents is 1. The number of non-ortho nitro benzene ring substituents is 1. The van der Waals surface area contributed by atoms with Crippen molar-refractivity contribution in [2.24, 2.45) is 0 Å². The van der Waals surface area contributed by atoms with Crippen LogP contribution in [0.1, 0.15) is 10.4 Å². The van der Waals surface area contributed by atoms with Crippen LogP contribution >= 0.6 is 15.9 Å². The molecule has 1 aromatic heterocycles. The molecule has 0 aliphatic carbocycles. The molecule has 0 aliphatic rings. The molecule has 0 radical (unpaired) electrons. The van der Waals surface area contributed by atoms with E-state index in [1.807, 2.05) is 0 Å². The summed E-state index contributed by atoms with van der Waals surface area (Å²) < 4.78 is 18.3. The number of nitro groups is 1. The zero-order valence-electron chi connectivity index (χ0n) is 9.22. The zero-order chi connectivity index (χ0) is 14.0. The van der Waals surface area contributed by atoms with Crippen LogP contribution < -0.4 is 5.32 Å². The van der Waals surface area contributed by atoms with E-state index in [0.29, 0.717) is 0 Å². The first kappa shape index (κ1) is 13.2. The Hall–Kier alpha value is -2.22. The first-order valence-electron chi connectivity index (χ1n) is 4.96. The average Bonchev–Trinajstić information content (AvgIpc) is 2.74. The number of furan rings is 1. The molecule has 2 aromatic rings. The Bertz CT molecular complexity index is 656. The fraction of sp³-hybridized carbons (Fsp3) is 0. The predicted molar refractivity (Wildman–Crippen MR) is 67.4 cm³/mol.